The van der Waals surface area contributed by atoms with E-state index in [0.717, 1.165) is 12.0 Å². The van der Waals surface area contributed by atoms with Crippen LogP contribution in [0.5, 0.6) is 0 Å². The highest BCUT2D eigenvalue weighted by atomic mass is 35.5. The van der Waals surface area contributed by atoms with Gasteiger partial charge in [-0.05, 0) is 42.3 Å². The summed E-state index contributed by atoms with van der Waals surface area (Å²) in [6.45, 7) is 0.888. The summed E-state index contributed by atoms with van der Waals surface area (Å²) in [4.78, 5) is 26.0. The lowest BCUT2D eigenvalue weighted by Crippen LogP contribution is -2.26. The van der Waals surface area contributed by atoms with Gasteiger partial charge in [-0.3, -0.25) is 9.59 Å². The Hall–Kier alpha value is -1.75. The Morgan fingerprint density at radius 3 is 2.56 bits per heavy atom. The van der Waals surface area contributed by atoms with Gasteiger partial charge in [0, 0.05) is 35.1 Å². The Morgan fingerprint density at radius 1 is 1.08 bits per heavy atom. The van der Waals surface area contributed by atoms with E-state index in [2.05, 4.69) is 5.32 Å². The molecule has 1 aliphatic rings. The van der Waals surface area contributed by atoms with Gasteiger partial charge in [0.15, 0.2) is 0 Å². The zero-order valence-corrected chi connectivity index (χ0v) is 15.5. The number of hydrogen-bond acceptors (Lipinski definition) is 2. The average molecular weight is 398 g/mol. The number of hydrogen-bond donors (Lipinski definition) is 1. The number of anilines is 1. The summed E-state index contributed by atoms with van der Waals surface area (Å²) in [5, 5.41) is 4.29. The van der Waals surface area contributed by atoms with Crippen molar-refractivity contribution in [3.63, 3.8) is 0 Å². The van der Waals surface area contributed by atoms with Crippen molar-refractivity contribution in [1.29, 1.82) is 0 Å². The van der Waals surface area contributed by atoms with E-state index in [9.17, 15) is 9.59 Å². The highest BCUT2D eigenvalue weighted by molar-refractivity contribution is 6.35. The Morgan fingerprint density at radius 2 is 1.88 bits per heavy atom. The van der Waals surface area contributed by atoms with Crippen LogP contribution in [0.25, 0.3) is 0 Å². The van der Waals surface area contributed by atoms with E-state index in [-0.39, 0.29) is 18.4 Å². The third-order valence-electron chi connectivity index (χ3n) is 4.03. The molecule has 0 aliphatic carbocycles. The van der Waals surface area contributed by atoms with Crippen LogP contribution in [-0.2, 0) is 11.3 Å². The number of benzene rings is 2. The highest BCUT2D eigenvalue weighted by Crippen LogP contribution is 2.30. The van der Waals surface area contributed by atoms with Gasteiger partial charge in [0.25, 0.3) is 5.91 Å². The average Bonchev–Trinajstić information content (AvgIpc) is 3.00. The van der Waals surface area contributed by atoms with Crippen LogP contribution in [0.3, 0.4) is 0 Å². The Labute approximate surface area is 160 Å². The quantitative estimate of drug-likeness (QED) is 0.812. The SMILES string of the molecule is O=C(NCc1ccc(Cl)cc1Cl)c1ccc(Cl)c(N2CCCC2=O)c1. The van der Waals surface area contributed by atoms with Crippen molar-refractivity contribution in [2.24, 2.45) is 0 Å². The molecule has 0 unspecified atom stereocenters. The molecule has 3 rings (SSSR count). The van der Waals surface area contributed by atoms with Crippen LogP contribution in [0.2, 0.25) is 15.1 Å². The first-order valence-corrected chi connectivity index (χ1v) is 8.91. The van der Waals surface area contributed by atoms with Crippen LogP contribution in [0.15, 0.2) is 36.4 Å². The fourth-order valence-corrected chi connectivity index (χ4v) is 3.40. The van der Waals surface area contributed by atoms with Crippen LogP contribution in [0.1, 0.15) is 28.8 Å². The summed E-state index contributed by atoms with van der Waals surface area (Å²) in [6, 6.07) is 10.0. The monoisotopic (exact) mass is 396 g/mol. The van der Waals surface area contributed by atoms with Crippen molar-refractivity contribution in [2.45, 2.75) is 19.4 Å². The van der Waals surface area contributed by atoms with Crippen molar-refractivity contribution >= 4 is 52.3 Å². The molecule has 1 heterocycles. The summed E-state index contributed by atoms with van der Waals surface area (Å²) in [5.74, 6) is -0.247. The normalized spacial score (nSPS) is 14.0. The van der Waals surface area contributed by atoms with E-state index in [1.165, 1.54) is 0 Å². The van der Waals surface area contributed by atoms with E-state index in [1.807, 2.05) is 0 Å². The second-order valence-electron chi connectivity index (χ2n) is 5.73. The summed E-state index contributed by atoms with van der Waals surface area (Å²) >= 11 is 18.2. The predicted octanol–water partition coefficient (Wildman–Crippen LogP) is 4.70. The van der Waals surface area contributed by atoms with E-state index in [0.29, 0.717) is 39.3 Å². The molecule has 0 atom stereocenters. The lowest BCUT2D eigenvalue weighted by Gasteiger charge is -2.18. The number of amides is 2. The summed E-state index contributed by atoms with van der Waals surface area (Å²) in [7, 11) is 0. The van der Waals surface area contributed by atoms with Crippen molar-refractivity contribution in [3.8, 4) is 0 Å². The van der Waals surface area contributed by atoms with Crippen LogP contribution < -0.4 is 10.2 Å². The van der Waals surface area contributed by atoms with Gasteiger partial charge in [0.2, 0.25) is 5.91 Å². The molecule has 1 saturated heterocycles. The summed E-state index contributed by atoms with van der Waals surface area (Å²) in [6.07, 6.45) is 1.29. The van der Waals surface area contributed by atoms with Gasteiger partial charge >= 0.3 is 0 Å². The van der Waals surface area contributed by atoms with Crippen LogP contribution in [-0.4, -0.2) is 18.4 Å². The Balaban J connectivity index is 1.75. The maximum atomic E-state index is 12.4. The molecule has 25 heavy (non-hydrogen) atoms. The molecule has 130 valence electrons. The Bertz CT molecular complexity index is 839. The van der Waals surface area contributed by atoms with Gasteiger partial charge in [-0.25, -0.2) is 0 Å². The third-order valence-corrected chi connectivity index (χ3v) is 4.93. The fraction of sp³-hybridized carbons (Fsp3) is 0.222. The van der Waals surface area contributed by atoms with E-state index in [1.54, 1.807) is 41.3 Å². The minimum Gasteiger partial charge on any atom is -0.348 e. The molecule has 4 nitrogen and oxygen atoms in total. The first-order valence-electron chi connectivity index (χ1n) is 7.78. The maximum absolute atomic E-state index is 12.4. The Kier molecular flexibility index (Phi) is 5.52. The molecule has 7 heteroatoms. The summed E-state index contributed by atoms with van der Waals surface area (Å²) in [5.41, 5.74) is 1.77. The largest absolute Gasteiger partial charge is 0.348 e. The molecule has 1 N–H and O–H groups in total. The van der Waals surface area contributed by atoms with Gasteiger partial charge in [-0.15, -0.1) is 0 Å². The third kappa shape index (κ3) is 4.09. The number of halogens is 3. The number of nitrogens with one attached hydrogen (secondary N) is 1. The van der Waals surface area contributed by atoms with Crippen LogP contribution in [0.4, 0.5) is 5.69 Å². The number of nitrogens with zero attached hydrogens (tertiary/aromatic N) is 1. The molecule has 2 aromatic rings. The molecule has 2 aromatic carbocycles. The molecule has 2 amide bonds. The maximum Gasteiger partial charge on any atom is 0.251 e. The van der Waals surface area contributed by atoms with Crippen molar-refractivity contribution in [2.75, 3.05) is 11.4 Å². The van der Waals surface area contributed by atoms with Gasteiger partial charge < -0.3 is 10.2 Å². The number of carbonyl (C=O) groups is 2. The lowest BCUT2D eigenvalue weighted by molar-refractivity contribution is -0.117. The molecule has 1 fully saturated rings. The van der Waals surface area contributed by atoms with Gasteiger partial charge in [-0.2, -0.15) is 0 Å². The zero-order valence-electron chi connectivity index (χ0n) is 13.2. The molecular formula is C18H15Cl3N2O2. The molecule has 1 aliphatic heterocycles. The fourth-order valence-electron chi connectivity index (χ4n) is 2.71. The topological polar surface area (TPSA) is 49.4 Å². The molecule has 0 spiro atoms. The van der Waals surface area contributed by atoms with Gasteiger partial charge in [-0.1, -0.05) is 40.9 Å². The zero-order chi connectivity index (χ0) is 18.0. The summed E-state index contributed by atoms with van der Waals surface area (Å²) < 4.78 is 0. The lowest BCUT2D eigenvalue weighted by atomic mass is 10.1. The van der Waals surface area contributed by atoms with Crippen molar-refractivity contribution in [3.05, 3.63) is 62.6 Å². The van der Waals surface area contributed by atoms with Gasteiger partial charge in [0.1, 0.15) is 0 Å². The minimum absolute atomic E-state index is 0.0207. The number of carbonyl (C=O) groups excluding carboxylic acids is 2. The smallest absolute Gasteiger partial charge is 0.251 e. The molecule has 0 saturated carbocycles. The second-order valence-corrected chi connectivity index (χ2v) is 6.98. The van der Waals surface area contributed by atoms with E-state index < -0.39 is 0 Å². The predicted molar refractivity (Wildman–Crippen MR) is 101 cm³/mol. The molecule has 0 aromatic heterocycles. The van der Waals surface area contributed by atoms with Gasteiger partial charge in [0.05, 0.1) is 10.7 Å². The van der Waals surface area contributed by atoms with E-state index >= 15 is 0 Å². The van der Waals surface area contributed by atoms with Crippen LogP contribution >= 0.6 is 34.8 Å². The van der Waals surface area contributed by atoms with Crippen molar-refractivity contribution in [1.82, 2.24) is 5.32 Å². The van der Waals surface area contributed by atoms with Crippen molar-refractivity contribution < 1.29 is 9.59 Å². The molecule has 0 bridgehead atoms. The second kappa shape index (κ2) is 7.65. The standard InChI is InChI=1S/C18H15Cl3N2O2/c19-13-5-3-12(15(21)9-13)10-22-18(25)11-4-6-14(20)16(8-11)23-7-1-2-17(23)24/h3-6,8-9H,1-2,7,10H2,(H,22,25). The minimum atomic E-state index is -0.268. The first kappa shape index (κ1) is 18.1. The van der Waals surface area contributed by atoms with E-state index in [4.69, 9.17) is 34.8 Å². The molecule has 0 radical (unpaired) electrons. The highest BCUT2D eigenvalue weighted by Gasteiger charge is 2.24. The number of rotatable bonds is 4. The first-order chi connectivity index (χ1) is 12.0. The van der Waals surface area contributed by atoms with Crippen LogP contribution in [0, 0.1) is 0 Å². The molecular weight excluding hydrogens is 383 g/mol.